The fourth-order valence-electron chi connectivity index (χ4n) is 3.79. The second-order valence-corrected chi connectivity index (χ2v) is 7.99. The SMILES string of the molecule is CN(C)CCOc1ccc(C(c2ccccc2)C(/C=C\CCO)c2ccccc2)cc1. The second kappa shape index (κ2) is 12.1. The number of allylic oxidation sites excluding steroid dienone is 1. The minimum atomic E-state index is 0.160. The molecule has 0 bridgehead atoms. The molecule has 0 saturated carbocycles. The van der Waals surface area contributed by atoms with E-state index >= 15 is 0 Å². The van der Waals surface area contributed by atoms with Crippen molar-refractivity contribution in [3.05, 3.63) is 114 Å². The molecule has 0 aliphatic rings. The molecule has 0 heterocycles. The molecule has 162 valence electrons. The van der Waals surface area contributed by atoms with Crippen molar-refractivity contribution in [3.63, 3.8) is 0 Å². The molecule has 0 aliphatic heterocycles. The van der Waals surface area contributed by atoms with E-state index in [1.807, 2.05) is 14.1 Å². The molecule has 0 aromatic heterocycles. The van der Waals surface area contributed by atoms with Gasteiger partial charge >= 0.3 is 0 Å². The van der Waals surface area contributed by atoms with Gasteiger partial charge in [0.2, 0.25) is 0 Å². The topological polar surface area (TPSA) is 32.7 Å². The van der Waals surface area contributed by atoms with Gasteiger partial charge in [0, 0.05) is 25.0 Å². The minimum absolute atomic E-state index is 0.160. The molecule has 2 unspecified atom stereocenters. The lowest BCUT2D eigenvalue weighted by atomic mass is 9.77. The van der Waals surface area contributed by atoms with Gasteiger partial charge in [-0.1, -0.05) is 84.9 Å². The molecule has 0 fully saturated rings. The Hall–Kier alpha value is -2.88. The van der Waals surface area contributed by atoms with E-state index < -0.39 is 0 Å². The van der Waals surface area contributed by atoms with Gasteiger partial charge < -0.3 is 14.7 Å². The summed E-state index contributed by atoms with van der Waals surface area (Å²) in [5.74, 6) is 1.22. The highest BCUT2D eigenvalue weighted by molar-refractivity contribution is 5.42. The molecule has 3 rings (SSSR count). The van der Waals surface area contributed by atoms with E-state index in [0.717, 1.165) is 12.3 Å². The maximum atomic E-state index is 9.29. The molecule has 0 saturated heterocycles. The van der Waals surface area contributed by atoms with Crippen LogP contribution >= 0.6 is 0 Å². The maximum Gasteiger partial charge on any atom is 0.119 e. The molecule has 1 N–H and O–H groups in total. The van der Waals surface area contributed by atoms with E-state index in [-0.39, 0.29) is 18.4 Å². The average Bonchev–Trinajstić information content (AvgIpc) is 2.80. The van der Waals surface area contributed by atoms with Crippen molar-refractivity contribution < 1.29 is 9.84 Å². The van der Waals surface area contributed by atoms with Gasteiger partial charge in [0.05, 0.1) is 0 Å². The van der Waals surface area contributed by atoms with Gasteiger partial charge in [0.1, 0.15) is 12.4 Å². The van der Waals surface area contributed by atoms with Crippen molar-refractivity contribution in [1.82, 2.24) is 4.90 Å². The minimum Gasteiger partial charge on any atom is -0.492 e. The quantitative estimate of drug-likeness (QED) is 0.421. The average molecular weight is 416 g/mol. The number of hydrogen-bond donors (Lipinski definition) is 1. The summed E-state index contributed by atoms with van der Waals surface area (Å²) in [7, 11) is 4.09. The van der Waals surface area contributed by atoms with Crippen molar-refractivity contribution in [2.45, 2.75) is 18.3 Å². The third-order valence-electron chi connectivity index (χ3n) is 5.39. The summed E-state index contributed by atoms with van der Waals surface area (Å²) < 4.78 is 5.90. The second-order valence-electron chi connectivity index (χ2n) is 7.99. The standard InChI is InChI=1S/C28H33NO2/c1-29(2)20-22-31-26-18-16-25(17-19-26)28(24-13-7-4-8-14-24)27(15-9-10-21-30)23-11-5-3-6-12-23/h3-9,11-19,27-28,30H,10,20-22H2,1-2H3/b15-9-. The largest absolute Gasteiger partial charge is 0.492 e. The zero-order valence-electron chi connectivity index (χ0n) is 18.5. The fourth-order valence-corrected chi connectivity index (χ4v) is 3.79. The third kappa shape index (κ3) is 6.81. The zero-order valence-corrected chi connectivity index (χ0v) is 18.5. The highest BCUT2D eigenvalue weighted by atomic mass is 16.5. The van der Waals surface area contributed by atoms with Gasteiger partial charge in [0.25, 0.3) is 0 Å². The number of benzene rings is 3. The van der Waals surface area contributed by atoms with Crippen molar-refractivity contribution >= 4 is 0 Å². The first-order valence-electron chi connectivity index (χ1n) is 10.9. The molecular formula is C28H33NO2. The van der Waals surface area contributed by atoms with E-state index in [2.05, 4.69) is 102 Å². The maximum absolute atomic E-state index is 9.29. The smallest absolute Gasteiger partial charge is 0.119 e. The summed E-state index contributed by atoms with van der Waals surface area (Å²) in [6, 6.07) is 29.7. The van der Waals surface area contributed by atoms with Crippen LogP contribution in [0.25, 0.3) is 0 Å². The van der Waals surface area contributed by atoms with Crippen LogP contribution in [0.4, 0.5) is 0 Å². The lowest BCUT2D eigenvalue weighted by Crippen LogP contribution is -2.19. The van der Waals surface area contributed by atoms with E-state index in [9.17, 15) is 5.11 Å². The highest BCUT2D eigenvalue weighted by Gasteiger charge is 2.24. The van der Waals surface area contributed by atoms with Crippen molar-refractivity contribution in [3.8, 4) is 5.75 Å². The number of aliphatic hydroxyl groups is 1. The normalized spacial score (nSPS) is 13.4. The Morgan fingerprint density at radius 3 is 1.97 bits per heavy atom. The third-order valence-corrected chi connectivity index (χ3v) is 5.39. The van der Waals surface area contributed by atoms with E-state index in [0.29, 0.717) is 13.0 Å². The van der Waals surface area contributed by atoms with Gasteiger partial charge in [-0.25, -0.2) is 0 Å². The number of ether oxygens (including phenoxy) is 1. The molecule has 0 aliphatic carbocycles. The van der Waals surface area contributed by atoms with Crippen LogP contribution in [0.3, 0.4) is 0 Å². The Morgan fingerprint density at radius 2 is 1.39 bits per heavy atom. The van der Waals surface area contributed by atoms with Crippen LogP contribution in [0.1, 0.15) is 34.9 Å². The fraction of sp³-hybridized carbons (Fsp3) is 0.286. The van der Waals surface area contributed by atoms with Crippen LogP contribution in [0.5, 0.6) is 5.75 Å². The summed E-state index contributed by atoms with van der Waals surface area (Å²) >= 11 is 0. The molecule has 31 heavy (non-hydrogen) atoms. The predicted molar refractivity (Wildman–Crippen MR) is 129 cm³/mol. The van der Waals surface area contributed by atoms with Crippen LogP contribution in [-0.4, -0.2) is 43.9 Å². The zero-order chi connectivity index (χ0) is 21.9. The molecule has 3 nitrogen and oxygen atoms in total. The molecule has 0 radical (unpaired) electrons. The molecular weight excluding hydrogens is 382 g/mol. The molecule has 0 amide bonds. The Balaban J connectivity index is 1.95. The Morgan fingerprint density at radius 1 is 0.806 bits per heavy atom. The molecule has 2 atom stereocenters. The van der Waals surface area contributed by atoms with E-state index in [4.69, 9.17) is 4.74 Å². The first-order chi connectivity index (χ1) is 15.2. The van der Waals surface area contributed by atoms with Gasteiger partial charge in [-0.15, -0.1) is 0 Å². The van der Waals surface area contributed by atoms with Crippen LogP contribution in [-0.2, 0) is 0 Å². The van der Waals surface area contributed by atoms with Gasteiger partial charge in [0.15, 0.2) is 0 Å². The number of likely N-dealkylation sites (N-methyl/N-ethyl adjacent to an activating group) is 1. The van der Waals surface area contributed by atoms with Gasteiger partial charge in [-0.2, -0.15) is 0 Å². The number of aliphatic hydroxyl groups excluding tert-OH is 1. The van der Waals surface area contributed by atoms with Crippen molar-refractivity contribution in [2.75, 3.05) is 33.9 Å². The molecule has 3 aromatic carbocycles. The highest BCUT2D eigenvalue weighted by Crippen LogP contribution is 2.40. The van der Waals surface area contributed by atoms with Crippen LogP contribution in [0.2, 0.25) is 0 Å². The van der Waals surface area contributed by atoms with Crippen LogP contribution in [0.15, 0.2) is 97.1 Å². The first kappa shape index (κ1) is 22.8. The monoisotopic (exact) mass is 415 g/mol. The summed E-state index contributed by atoms with van der Waals surface area (Å²) in [6.45, 7) is 1.72. The summed E-state index contributed by atoms with van der Waals surface area (Å²) in [5.41, 5.74) is 3.77. The van der Waals surface area contributed by atoms with Crippen LogP contribution in [0, 0.1) is 0 Å². The van der Waals surface area contributed by atoms with Crippen molar-refractivity contribution in [1.29, 1.82) is 0 Å². The molecule has 3 heteroatoms. The predicted octanol–water partition coefficient (Wildman–Crippen LogP) is 5.48. The molecule has 3 aromatic rings. The Labute approximate surface area is 186 Å². The van der Waals surface area contributed by atoms with Gasteiger partial charge in [-0.05, 0) is 49.3 Å². The lowest BCUT2D eigenvalue weighted by molar-refractivity contribution is 0.261. The summed E-state index contributed by atoms with van der Waals surface area (Å²) in [4.78, 5) is 2.11. The molecule has 0 spiro atoms. The Bertz CT molecular complexity index is 905. The van der Waals surface area contributed by atoms with E-state index in [1.54, 1.807) is 0 Å². The number of nitrogens with zero attached hydrogens (tertiary/aromatic N) is 1. The van der Waals surface area contributed by atoms with Gasteiger partial charge in [-0.3, -0.25) is 0 Å². The first-order valence-corrected chi connectivity index (χ1v) is 10.9. The van der Waals surface area contributed by atoms with E-state index in [1.165, 1.54) is 16.7 Å². The summed E-state index contributed by atoms with van der Waals surface area (Å²) in [5, 5.41) is 9.29. The number of rotatable bonds is 11. The lowest BCUT2D eigenvalue weighted by Gasteiger charge is -2.27. The number of hydrogen-bond acceptors (Lipinski definition) is 3. The Kier molecular flexibility index (Phi) is 8.89. The summed E-state index contributed by atoms with van der Waals surface area (Å²) in [6.07, 6.45) is 4.99. The van der Waals surface area contributed by atoms with Crippen molar-refractivity contribution in [2.24, 2.45) is 0 Å². The van der Waals surface area contributed by atoms with Crippen LogP contribution < -0.4 is 4.74 Å².